The third-order valence-electron chi connectivity index (χ3n) is 3.76. The highest BCUT2D eigenvalue weighted by Gasteiger charge is 2.25. The zero-order chi connectivity index (χ0) is 11.1. The Morgan fingerprint density at radius 3 is 2.33 bits per heavy atom. The Balaban J connectivity index is 2.31. The van der Waals surface area contributed by atoms with Crippen LogP contribution >= 0.6 is 0 Å². The fraction of sp³-hybridized carbons (Fsp3) is 1.00. The zero-order valence-corrected chi connectivity index (χ0v) is 10.1. The van der Waals surface area contributed by atoms with Crippen molar-refractivity contribution in [2.45, 2.75) is 45.1 Å². The van der Waals surface area contributed by atoms with Gasteiger partial charge in [-0.3, -0.25) is 0 Å². The van der Waals surface area contributed by atoms with Gasteiger partial charge in [0.25, 0.3) is 0 Å². The molecule has 2 N–H and O–H groups in total. The molecular formula is C12H25NO2. The molecule has 0 radical (unpaired) electrons. The minimum Gasteiger partial charge on any atom is -0.394 e. The van der Waals surface area contributed by atoms with Gasteiger partial charge < -0.3 is 15.2 Å². The van der Waals surface area contributed by atoms with E-state index in [1.807, 2.05) is 0 Å². The van der Waals surface area contributed by atoms with Gasteiger partial charge in [-0.15, -0.1) is 0 Å². The van der Waals surface area contributed by atoms with Crippen LogP contribution in [-0.4, -0.2) is 37.0 Å². The van der Waals surface area contributed by atoms with Gasteiger partial charge in [-0.1, -0.05) is 13.8 Å². The largest absolute Gasteiger partial charge is 0.394 e. The quantitative estimate of drug-likeness (QED) is 0.706. The summed E-state index contributed by atoms with van der Waals surface area (Å²) in [5.41, 5.74) is -0.0572. The van der Waals surface area contributed by atoms with Crippen LogP contribution in [0.2, 0.25) is 0 Å². The van der Waals surface area contributed by atoms with Crippen molar-refractivity contribution in [1.29, 1.82) is 0 Å². The first-order chi connectivity index (χ1) is 7.26. The molecule has 1 aliphatic rings. The first-order valence-corrected chi connectivity index (χ1v) is 6.20. The molecule has 0 amide bonds. The lowest BCUT2D eigenvalue weighted by atomic mass is 9.91. The summed E-state index contributed by atoms with van der Waals surface area (Å²) < 4.78 is 5.33. The Morgan fingerprint density at radius 2 is 1.87 bits per heavy atom. The van der Waals surface area contributed by atoms with Crippen molar-refractivity contribution in [3.63, 3.8) is 0 Å². The predicted octanol–water partition coefficient (Wildman–Crippen LogP) is 1.55. The molecule has 0 aliphatic carbocycles. The molecule has 1 fully saturated rings. The van der Waals surface area contributed by atoms with Crippen molar-refractivity contribution in [1.82, 2.24) is 5.32 Å². The molecule has 1 saturated heterocycles. The highest BCUT2D eigenvalue weighted by atomic mass is 16.5. The Kier molecular flexibility index (Phi) is 5.58. The van der Waals surface area contributed by atoms with E-state index >= 15 is 0 Å². The van der Waals surface area contributed by atoms with Gasteiger partial charge >= 0.3 is 0 Å². The number of hydrogen-bond donors (Lipinski definition) is 2. The van der Waals surface area contributed by atoms with Gasteiger partial charge in [0.05, 0.1) is 6.61 Å². The van der Waals surface area contributed by atoms with Gasteiger partial charge in [-0.25, -0.2) is 0 Å². The summed E-state index contributed by atoms with van der Waals surface area (Å²) in [6, 6.07) is 0. The lowest BCUT2D eigenvalue weighted by molar-refractivity contribution is 0.0593. The molecule has 1 rings (SSSR count). The summed E-state index contributed by atoms with van der Waals surface area (Å²) in [5, 5.41) is 13.0. The summed E-state index contributed by atoms with van der Waals surface area (Å²) >= 11 is 0. The Labute approximate surface area is 93.2 Å². The maximum absolute atomic E-state index is 9.42. The second-order valence-electron chi connectivity index (χ2n) is 4.58. The van der Waals surface area contributed by atoms with Gasteiger partial charge in [0.15, 0.2) is 0 Å². The smallest absolute Gasteiger partial charge is 0.0613 e. The van der Waals surface area contributed by atoms with Crippen molar-refractivity contribution >= 4 is 0 Å². The van der Waals surface area contributed by atoms with E-state index in [4.69, 9.17) is 4.74 Å². The van der Waals surface area contributed by atoms with Crippen LogP contribution in [0.3, 0.4) is 0 Å². The number of aliphatic hydroxyl groups excluding tert-OH is 1. The Hall–Kier alpha value is -0.120. The molecule has 0 aromatic carbocycles. The molecule has 3 heteroatoms. The van der Waals surface area contributed by atoms with Crippen molar-refractivity contribution in [3.8, 4) is 0 Å². The summed E-state index contributed by atoms with van der Waals surface area (Å²) in [6.45, 7) is 7.33. The standard InChI is InChI=1S/C12H25NO2/c1-3-12(4-2,10-14)13-9-11-5-7-15-8-6-11/h11,13-14H,3-10H2,1-2H3. The molecule has 0 aromatic heterocycles. The molecule has 3 nitrogen and oxygen atoms in total. The number of aliphatic hydroxyl groups is 1. The van der Waals surface area contributed by atoms with Crippen LogP contribution in [0.25, 0.3) is 0 Å². The maximum Gasteiger partial charge on any atom is 0.0613 e. The molecule has 0 atom stereocenters. The van der Waals surface area contributed by atoms with Crippen molar-refractivity contribution < 1.29 is 9.84 Å². The normalized spacial score (nSPS) is 19.4. The summed E-state index contributed by atoms with van der Waals surface area (Å²) in [4.78, 5) is 0. The van der Waals surface area contributed by atoms with Crippen molar-refractivity contribution in [2.24, 2.45) is 5.92 Å². The Morgan fingerprint density at radius 1 is 1.27 bits per heavy atom. The number of nitrogens with one attached hydrogen (secondary N) is 1. The highest BCUT2D eigenvalue weighted by molar-refractivity contribution is 4.85. The van der Waals surface area contributed by atoms with E-state index in [1.54, 1.807) is 0 Å². The molecule has 0 saturated carbocycles. The van der Waals surface area contributed by atoms with Crippen LogP contribution in [0.5, 0.6) is 0 Å². The van der Waals surface area contributed by atoms with Gasteiger partial charge in [0, 0.05) is 18.8 Å². The average Bonchev–Trinajstić information content (AvgIpc) is 2.33. The fourth-order valence-electron chi connectivity index (χ4n) is 2.09. The van der Waals surface area contributed by atoms with E-state index in [9.17, 15) is 5.11 Å². The van der Waals surface area contributed by atoms with Crippen LogP contribution in [0.4, 0.5) is 0 Å². The van der Waals surface area contributed by atoms with Crippen molar-refractivity contribution in [3.05, 3.63) is 0 Å². The monoisotopic (exact) mass is 215 g/mol. The predicted molar refractivity (Wildman–Crippen MR) is 61.9 cm³/mol. The SMILES string of the molecule is CCC(CC)(CO)NCC1CCOCC1. The summed E-state index contributed by atoms with van der Waals surface area (Å²) in [6.07, 6.45) is 4.29. The van der Waals surface area contributed by atoms with Crippen molar-refractivity contribution in [2.75, 3.05) is 26.4 Å². The number of hydrogen-bond acceptors (Lipinski definition) is 3. The van der Waals surface area contributed by atoms with Gasteiger partial charge in [0.2, 0.25) is 0 Å². The number of ether oxygens (including phenoxy) is 1. The average molecular weight is 215 g/mol. The van der Waals surface area contributed by atoms with E-state index in [2.05, 4.69) is 19.2 Å². The molecule has 0 unspecified atom stereocenters. The van der Waals surface area contributed by atoms with E-state index < -0.39 is 0 Å². The number of rotatable bonds is 6. The second-order valence-corrected chi connectivity index (χ2v) is 4.58. The minimum absolute atomic E-state index is 0.0572. The maximum atomic E-state index is 9.42. The molecule has 15 heavy (non-hydrogen) atoms. The highest BCUT2D eigenvalue weighted by Crippen LogP contribution is 2.18. The van der Waals surface area contributed by atoms with Crippen LogP contribution in [-0.2, 0) is 4.74 Å². The topological polar surface area (TPSA) is 41.5 Å². The lowest BCUT2D eigenvalue weighted by Crippen LogP contribution is -2.49. The second kappa shape index (κ2) is 6.46. The first-order valence-electron chi connectivity index (χ1n) is 6.20. The Bertz CT molecular complexity index is 155. The third kappa shape index (κ3) is 3.74. The summed E-state index contributed by atoms with van der Waals surface area (Å²) in [7, 11) is 0. The van der Waals surface area contributed by atoms with Crippen LogP contribution in [0, 0.1) is 5.92 Å². The lowest BCUT2D eigenvalue weighted by Gasteiger charge is -2.33. The minimum atomic E-state index is -0.0572. The van der Waals surface area contributed by atoms with Gasteiger partial charge in [-0.2, -0.15) is 0 Å². The van der Waals surface area contributed by atoms with E-state index in [0.717, 1.165) is 51.4 Å². The summed E-state index contributed by atoms with van der Waals surface area (Å²) in [5.74, 6) is 0.725. The van der Waals surface area contributed by atoms with Gasteiger partial charge in [0.1, 0.15) is 0 Å². The first kappa shape index (κ1) is 12.9. The fourth-order valence-corrected chi connectivity index (χ4v) is 2.09. The molecule has 0 aromatic rings. The van der Waals surface area contributed by atoms with Crippen LogP contribution < -0.4 is 5.32 Å². The third-order valence-corrected chi connectivity index (χ3v) is 3.76. The van der Waals surface area contributed by atoms with Crippen LogP contribution in [0.15, 0.2) is 0 Å². The van der Waals surface area contributed by atoms with Crippen LogP contribution in [0.1, 0.15) is 39.5 Å². The molecular weight excluding hydrogens is 190 g/mol. The molecule has 0 bridgehead atoms. The molecule has 0 spiro atoms. The molecule has 1 heterocycles. The van der Waals surface area contributed by atoms with E-state index in [1.165, 1.54) is 0 Å². The zero-order valence-electron chi connectivity index (χ0n) is 10.1. The van der Waals surface area contributed by atoms with E-state index in [-0.39, 0.29) is 12.1 Å². The van der Waals surface area contributed by atoms with Gasteiger partial charge in [-0.05, 0) is 38.1 Å². The van der Waals surface area contributed by atoms with E-state index in [0.29, 0.717) is 0 Å². The molecule has 1 aliphatic heterocycles. The molecule has 90 valence electrons.